The number of hydrogen-bond donors (Lipinski definition) is 1. The van der Waals surface area contributed by atoms with Crippen molar-refractivity contribution in [3.8, 4) is 5.75 Å². The summed E-state index contributed by atoms with van der Waals surface area (Å²) in [6, 6.07) is 7.80. The fourth-order valence-corrected chi connectivity index (χ4v) is 2.66. The van der Waals surface area contributed by atoms with Gasteiger partial charge < -0.3 is 10.1 Å². The molecule has 1 aromatic carbocycles. The van der Waals surface area contributed by atoms with Gasteiger partial charge in [-0.15, -0.1) is 0 Å². The van der Waals surface area contributed by atoms with Crippen LogP contribution in [0.15, 0.2) is 42.9 Å². The van der Waals surface area contributed by atoms with Crippen LogP contribution in [0.2, 0.25) is 0 Å². The van der Waals surface area contributed by atoms with Crippen molar-refractivity contribution in [2.24, 2.45) is 0 Å². The van der Waals surface area contributed by atoms with Crippen LogP contribution in [0, 0.1) is 6.92 Å². The number of methoxy groups -OCH3 is 1. The summed E-state index contributed by atoms with van der Waals surface area (Å²) in [6.45, 7) is 5.21. The molecule has 0 fully saturated rings. The lowest BCUT2D eigenvalue weighted by molar-refractivity contribution is 0.102. The zero-order chi connectivity index (χ0) is 17.8. The third-order valence-electron chi connectivity index (χ3n) is 4.02. The smallest absolute Gasteiger partial charge is 0.259 e. The van der Waals surface area contributed by atoms with Crippen molar-refractivity contribution < 1.29 is 9.53 Å². The second kappa shape index (κ2) is 7.21. The summed E-state index contributed by atoms with van der Waals surface area (Å²) in [7, 11) is 1.64. The number of amides is 1. The van der Waals surface area contributed by atoms with E-state index in [9.17, 15) is 4.79 Å². The molecular weight excluding hydrogens is 318 g/mol. The predicted octanol–water partition coefficient (Wildman–Crippen LogP) is 2.72. The zero-order valence-electron chi connectivity index (χ0n) is 14.6. The molecule has 25 heavy (non-hydrogen) atoms. The summed E-state index contributed by atoms with van der Waals surface area (Å²) in [5.74, 6) is 0.625. The molecule has 7 heteroatoms. The van der Waals surface area contributed by atoms with Gasteiger partial charge in [0, 0.05) is 18.4 Å². The molecule has 0 bridgehead atoms. The minimum absolute atomic E-state index is 0.182. The Bertz CT molecular complexity index is 881. The van der Waals surface area contributed by atoms with Gasteiger partial charge in [0.15, 0.2) is 0 Å². The summed E-state index contributed by atoms with van der Waals surface area (Å²) < 4.78 is 8.79. The lowest BCUT2D eigenvalue weighted by Gasteiger charge is -2.05. The second-order valence-corrected chi connectivity index (χ2v) is 5.69. The van der Waals surface area contributed by atoms with Crippen molar-refractivity contribution >= 4 is 11.6 Å². The Morgan fingerprint density at radius 2 is 2.12 bits per heavy atom. The van der Waals surface area contributed by atoms with Crippen LogP contribution in [0.25, 0.3) is 0 Å². The van der Waals surface area contributed by atoms with Gasteiger partial charge in [0.25, 0.3) is 5.91 Å². The van der Waals surface area contributed by atoms with E-state index in [2.05, 4.69) is 15.5 Å². The first kappa shape index (κ1) is 16.8. The molecular formula is C18H21N5O2. The van der Waals surface area contributed by atoms with Gasteiger partial charge in [0.2, 0.25) is 0 Å². The summed E-state index contributed by atoms with van der Waals surface area (Å²) in [5, 5.41) is 11.4. The second-order valence-electron chi connectivity index (χ2n) is 5.69. The Hall–Kier alpha value is -3.09. The third kappa shape index (κ3) is 3.71. The number of benzene rings is 1. The lowest BCUT2D eigenvalue weighted by Crippen LogP contribution is -2.13. The van der Waals surface area contributed by atoms with Crippen LogP contribution in [0.1, 0.15) is 28.5 Å². The number of rotatable bonds is 6. The molecule has 3 rings (SSSR count). The first-order valence-corrected chi connectivity index (χ1v) is 8.10. The van der Waals surface area contributed by atoms with E-state index in [1.54, 1.807) is 35.1 Å². The molecule has 0 spiro atoms. The number of aromatic nitrogens is 4. The Morgan fingerprint density at radius 3 is 2.84 bits per heavy atom. The maximum Gasteiger partial charge on any atom is 0.259 e. The van der Waals surface area contributed by atoms with Gasteiger partial charge in [-0.25, -0.2) is 0 Å². The minimum atomic E-state index is -0.182. The summed E-state index contributed by atoms with van der Waals surface area (Å²) in [6.07, 6.45) is 5.03. The van der Waals surface area contributed by atoms with Gasteiger partial charge in [-0.1, -0.05) is 12.1 Å². The standard InChI is InChI=1S/C18H21N5O2/c1-4-23-13(2)17(10-20-23)18(24)21-15-9-19-22(12-15)11-14-6-5-7-16(8-14)25-3/h5-10,12H,4,11H2,1-3H3,(H,21,24). The van der Waals surface area contributed by atoms with Crippen LogP contribution in [0.5, 0.6) is 5.75 Å². The topological polar surface area (TPSA) is 74.0 Å². The quantitative estimate of drug-likeness (QED) is 0.749. The maximum atomic E-state index is 12.4. The summed E-state index contributed by atoms with van der Waals surface area (Å²) in [4.78, 5) is 12.4. The Kier molecular flexibility index (Phi) is 4.83. The monoisotopic (exact) mass is 339 g/mol. The summed E-state index contributed by atoms with van der Waals surface area (Å²) >= 11 is 0. The minimum Gasteiger partial charge on any atom is -0.497 e. The number of ether oxygens (including phenoxy) is 1. The highest BCUT2D eigenvalue weighted by Gasteiger charge is 2.14. The van der Waals surface area contributed by atoms with E-state index < -0.39 is 0 Å². The van der Waals surface area contributed by atoms with Gasteiger partial charge in [-0.05, 0) is 31.5 Å². The number of nitrogens with zero attached hydrogens (tertiary/aromatic N) is 4. The average molecular weight is 339 g/mol. The third-order valence-corrected chi connectivity index (χ3v) is 4.02. The average Bonchev–Trinajstić information content (AvgIpc) is 3.21. The van der Waals surface area contributed by atoms with Crippen LogP contribution in [0.4, 0.5) is 5.69 Å². The van der Waals surface area contributed by atoms with Crippen molar-refractivity contribution in [2.45, 2.75) is 26.9 Å². The highest BCUT2D eigenvalue weighted by atomic mass is 16.5. The molecule has 1 N–H and O–H groups in total. The normalized spacial score (nSPS) is 10.7. The maximum absolute atomic E-state index is 12.4. The van der Waals surface area contributed by atoms with Crippen molar-refractivity contribution in [3.63, 3.8) is 0 Å². The first-order chi connectivity index (χ1) is 12.1. The first-order valence-electron chi connectivity index (χ1n) is 8.10. The van der Waals surface area contributed by atoms with Crippen LogP contribution in [-0.4, -0.2) is 32.6 Å². The molecule has 0 saturated carbocycles. The zero-order valence-corrected chi connectivity index (χ0v) is 14.6. The fraction of sp³-hybridized carbons (Fsp3) is 0.278. The molecule has 0 saturated heterocycles. The molecule has 130 valence electrons. The molecule has 1 amide bonds. The van der Waals surface area contributed by atoms with E-state index in [1.807, 2.05) is 38.1 Å². The van der Waals surface area contributed by atoms with E-state index in [1.165, 1.54) is 0 Å². The van der Waals surface area contributed by atoms with E-state index in [4.69, 9.17) is 4.74 Å². The predicted molar refractivity (Wildman–Crippen MR) is 94.9 cm³/mol. The van der Waals surface area contributed by atoms with Gasteiger partial charge in [-0.2, -0.15) is 10.2 Å². The van der Waals surface area contributed by atoms with Crippen molar-refractivity contribution in [1.82, 2.24) is 19.6 Å². The molecule has 0 atom stereocenters. The molecule has 0 aliphatic heterocycles. The number of carbonyl (C=O) groups excluding carboxylic acids is 1. The van der Waals surface area contributed by atoms with E-state index in [0.717, 1.165) is 23.6 Å². The van der Waals surface area contributed by atoms with Gasteiger partial charge in [0.05, 0.1) is 37.3 Å². The lowest BCUT2D eigenvalue weighted by atomic mass is 10.2. The van der Waals surface area contributed by atoms with Crippen LogP contribution >= 0.6 is 0 Å². The Labute approximate surface area is 146 Å². The molecule has 0 aliphatic carbocycles. The SMILES string of the molecule is CCn1ncc(C(=O)Nc2cnn(Cc3cccc(OC)c3)c2)c1C. The largest absolute Gasteiger partial charge is 0.497 e. The molecule has 0 unspecified atom stereocenters. The molecule has 3 aromatic rings. The fourth-order valence-electron chi connectivity index (χ4n) is 2.66. The molecule has 2 aromatic heterocycles. The van der Waals surface area contributed by atoms with E-state index in [-0.39, 0.29) is 5.91 Å². The highest BCUT2D eigenvalue weighted by Crippen LogP contribution is 2.15. The van der Waals surface area contributed by atoms with Gasteiger partial charge in [0.1, 0.15) is 5.75 Å². The van der Waals surface area contributed by atoms with Crippen molar-refractivity contribution in [2.75, 3.05) is 12.4 Å². The van der Waals surface area contributed by atoms with E-state index >= 15 is 0 Å². The number of hydrogen-bond acceptors (Lipinski definition) is 4. The Morgan fingerprint density at radius 1 is 1.28 bits per heavy atom. The molecule has 2 heterocycles. The van der Waals surface area contributed by atoms with Crippen LogP contribution in [-0.2, 0) is 13.1 Å². The number of nitrogens with one attached hydrogen (secondary N) is 1. The van der Waals surface area contributed by atoms with Crippen molar-refractivity contribution in [1.29, 1.82) is 0 Å². The van der Waals surface area contributed by atoms with Crippen LogP contribution in [0.3, 0.4) is 0 Å². The molecule has 0 aliphatic rings. The van der Waals surface area contributed by atoms with Gasteiger partial charge >= 0.3 is 0 Å². The molecule has 0 radical (unpaired) electrons. The Balaban J connectivity index is 1.68. The number of anilines is 1. The van der Waals surface area contributed by atoms with Crippen molar-refractivity contribution in [3.05, 3.63) is 59.7 Å². The number of carbonyl (C=O) groups is 1. The van der Waals surface area contributed by atoms with Gasteiger partial charge in [-0.3, -0.25) is 14.2 Å². The molecule has 7 nitrogen and oxygen atoms in total. The van der Waals surface area contributed by atoms with E-state index in [0.29, 0.717) is 17.8 Å². The summed E-state index contributed by atoms with van der Waals surface area (Å²) in [5.41, 5.74) is 3.14. The number of aryl methyl sites for hydroxylation is 1. The van der Waals surface area contributed by atoms with Crippen LogP contribution < -0.4 is 10.1 Å². The highest BCUT2D eigenvalue weighted by molar-refractivity contribution is 6.04.